The molecule has 0 fully saturated rings. The highest BCUT2D eigenvalue weighted by molar-refractivity contribution is 5.26. The largest absolute Gasteiger partial charge is 0.388 e. The van der Waals surface area contributed by atoms with E-state index < -0.39 is 23.7 Å². The van der Waals surface area contributed by atoms with Crippen LogP contribution in [-0.2, 0) is 0 Å². The second-order valence-corrected chi connectivity index (χ2v) is 4.25. The molecule has 1 heterocycles. The Morgan fingerprint density at radius 1 is 1.16 bits per heavy atom. The number of nitrogens with two attached hydrogens (primary N) is 1. The average Bonchev–Trinajstić information content (AvgIpc) is 2.44. The van der Waals surface area contributed by atoms with Gasteiger partial charge in [-0.3, -0.25) is 4.98 Å². The number of hydrogen-bond acceptors (Lipinski definition) is 3. The predicted molar refractivity (Wildman–Crippen MR) is 67.4 cm³/mol. The van der Waals surface area contributed by atoms with Gasteiger partial charge in [-0.2, -0.15) is 0 Å². The lowest BCUT2D eigenvalue weighted by atomic mass is 9.90. The van der Waals surface area contributed by atoms with Crippen molar-refractivity contribution in [2.24, 2.45) is 5.73 Å². The monoisotopic (exact) mass is 264 g/mol. The van der Waals surface area contributed by atoms with E-state index in [-0.39, 0.29) is 6.54 Å². The lowest BCUT2D eigenvalue weighted by Crippen LogP contribution is -2.20. The highest BCUT2D eigenvalue weighted by atomic mass is 19.2. The number of aromatic nitrogens is 1. The summed E-state index contributed by atoms with van der Waals surface area (Å²) in [5, 5.41) is 10.3. The first kappa shape index (κ1) is 13.6. The van der Waals surface area contributed by atoms with E-state index in [9.17, 15) is 13.9 Å². The maximum atomic E-state index is 13.2. The molecule has 2 atom stereocenters. The minimum Gasteiger partial charge on any atom is -0.388 e. The molecule has 0 saturated carbocycles. The average molecular weight is 264 g/mol. The van der Waals surface area contributed by atoms with E-state index in [1.165, 1.54) is 6.07 Å². The Hall–Kier alpha value is -1.85. The fraction of sp³-hybridized carbons (Fsp3) is 0.214. The molecular weight excluding hydrogens is 250 g/mol. The molecule has 2 aromatic rings. The van der Waals surface area contributed by atoms with Gasteiger partial charge in [-0.15, -0.1) is 0 Å². The summed E-state index contributed by atoms with van der Waals surface area (Å²) in [5.41, 5.74) is 6.70. The number of aliphatic hydroxyl groups is 1. The molecule has 0 aliphatic heterocycles. The molecule has 0 saturated heterocycles. The first-order valence-electron chi connectivity index (χ1n) is 5.86. The van der Waals surface area contributed by atoms with E-state index in [1.807, 2.05) is 0 Å². The molecule has 0 spiro atoms. The Balaban J connectivity index is 2.30. The van der Waals surface area contributed by atoms with Gasteiger partial charge in [-0.05, 0) is 29.3 Å². The van der Waals surface area contributed by atoms with Gasteiger partial charge in [0.25, 0.3) is 0 Å². The van der Waals surface area contributed by atoms with Crippen molar-refractivity contribution < 1.29 is 13.9 Å². The van der Waals surface area contributed by atoms with Gasteiger partial charge in [-0.1, -0.05) is 12.1 Å². The summed E-state index contributed by atoms with van der Waals surface area (Å²) >= 11 is 0. The number of rotatable bonds is 4. The van der Waals surface area contributed by atoms with Crippen LogP contribution in [0.15, 0.2) is 42.7 Å². The Labute approximate surface area is 109 Å². The van der Waals surface area contributed by atoms with Gasteiger partial charge in [-0.25, -0.2) is 8.78 Å². The molecule has 2 unspecified atom stereocenters. The van der Waals surface area contributed by atoms with Crippen LogP contribution in [0.5, 0.6) is 0 Å². The third-order valence-corrected chi connectivity index (χ3v) is 3.03. The van der Waals surface area contributed by atoms with Crippen LogP contribution in [0.2, 0.25) is 0 Å². The van der Waals surface area contributed by atoms with Crippen molar-refractivity contribution in [3.05, 3.63) is 65.5 Å². The van der Waals surface area contributed by atoms with Crippen molar-refractivity contribution >= 4 is 0 Å². The number of pyridine rings is 1. The van der Waals surface area contributed by atoms with E-state index in [4.69, 9.17) is 5.73 Å². The van der Waals surface area contributed by atoms with Crippen molar-refractivity contribution in [3.63, 3.8) is 0 Å². The Bertz CT molecular complexity index is 548. The Morgan fingerprint density at radius 2 is 1.95 bits per heavy atom. The van der Waals surface area contributed by atoms with Crippen LogP contribution in [-0.4, -0.2) is 16.6 Å². The van der Waals surface area contributed by atoms with Crippen LogP contribution in [0.1, 0.15) is 23.1 Å². The van der Waals surface area contributed by atoms with Gasteiger partial charge in [0.1, 0.15) is 0 Å². The molecule has 0 bridgehead atoms. The summed E-state index contributed by atoms with van der Waals surface area (Å²) in [6, 6.07) is 6.84. The van der Waals surface area contributed by atoms with Gasteiger partial charge in [0.2, 0.25) is 0 Å². The second-order valence-electron chi connectivity index (χ2n) is 4.25. The fourth-order valence-electron chi connectivity index (χ4n) is 1.97. The van der Waals surface area contributed by atoms with Crippen molar-refractivity contribution in [3.8, 4) is 0 Å². The predicted octanol–water partition coefficient (Wildman–Crippen LogP) is 2.14. The van der Waals surface area contributed by atoms with Crippen molar-refractivity contribution in [1.29, 1.82) is 0 Å². The first-order valence-corrected chi connectivity index (χ1v) is 5.86. The molecule has 1 aromatic heterocycles. The molecular formula is C14H14F2N2O. The third kappa shape index (κ3) is 2.94. The van der Waals surface area contributed by atoms with Crippen molar-refractivity contribution in [1.82, 2.24) is 4.98 Å². The minimum atomic E-state index is -1.01. The molecule has 3 N–H and O–H groups in total. The van der Waals surface area contributed by atoms with Gasteiger partial charge in [0.15, 0.2) is 11.6 Å². The zero-order valence-electron chi connectivity index (χ0n) is 10.1. The lowest BCUT2D eigenvalue weighted by molar-refractivity contribution is 0.146. The van der Waals surface area contributed by atoms with Gasteiger partial charge >= 0.3 is 0 Å². The topological polar surface area (TPSA) is 59.1 Å². The number of benzene rings is 1. The second kappa shape index (κ2) is 5.86. The van der Waals surface area contributed by atoms with Crippen LogP contribution in [0.3, 0.4) is 0 Å². The van der Waals surface area contributed by atoms with Crippen LogP contribution in [0, 0.1) is 11.6 Å². The van der Waals surface area contributed by atoms with Crippen LogP contribution in [0.4, 0.5) is 8.78 Å². The summed E-state index contributed by atoms with van der Waals surface area (Å²) in [4.78, 5) is 3.96. The third-order valence-electron chi connectivity index (χ3n) is 3.03. The molecule has 0 amide bonds. The summed E-state index contributed by atoms with van der Waals surface area (Å²) in [6.45, 7) is 0.172. The van der Waals surface area contributed by atoms with E-state index in [1.54, 1.807) is 24.5 Å². The summed E-state index contributed by atoms with van der Waals surface area (Å²) in [6.07, 6.45) is 2.20. The van der Waals surface area contributed by atoms with E-state index in [0.717, 1.165) is 17.7 Å². The molecule has 3 nitrogen and oxygen atoms in total. The molecule has 5 heteroatoms. The Kier molecular flexibility index (Phi) is 4.19. The fourth-order valence-corrected chi connectivity index (χ4v) is 1.97. The molecule has 1 aromatic carbocycles. The lowest BCUT2D eigenvalue weighted by Gasteiger charge is -2.22. The molecule has 0 aliphatic rings. The van der Waals surface area contributed by atoms with Gasteiger partial charge in [0, 0.05) is 24.9 Å². The normalized spacial score (nSPS) is 14.1. The zero-order chi connectivity index (χ0) is 13.8. The molecule has 0 radical (unpaired) electrons. The van der Waals surface area contributed by atoms with Gasteiger partial charge < -0.3 is 10.8 Å². The molecule has 100 valence electrons. The van der Waals surface area contributed by atoms with E-state index in [0.29, 0.717) is 5.56 Å². The Morgan fingerprint density at radius 3 is 2.53 bits per heavy atom. The van der Waals surface area contributed by atoms with Crippen molar-refractivity contribution in [2.45, 2.75) is 12.0 Å². The standard InChI is InChI=1S/C14H14F2N2O/c15-12-4-3-9(6-13(12)16)14(19)11(7-17)10-2-1-5-18-8-10/h1-6,8,11,14,19H,7,17H2. The number of aliphatic hydroxyl groups excluding tert-OH is 1. The quantitative estimate of drug-likeness (QED) is 0.889. The van der Waals surface area contributed by atoms with Crippen LogP contribution in [0.25, 0.3) is 0 Å². The molecule has 19 heavy (non-hydrogen) atoms. The minimum absolute atomic E-state index is 0.172. The zero-order valence-corrected chi connectivity index (χ0v) is 10.1. The first-order chi connectivity index (χ1) is 9.13. The highest BCUT2D eigenvalue weighted by Crippen LogP contribution is 2.30. The molecule has 2 rings (SSSR count). The number of halogens is 2. The highest BCUT2D eigenvalue weighted by Gasteiger charge is 2.22. The maximum absolute atomic E-state index is 13.2. The number of nitrogens with zero attached hydrogens (tertiary/aromatic N) is 1. The van der Waals surface area contributed by atoms with Crippen LogP contribution < -0.4 is 5.73 Å². The SMILES string of the molecule is NCC(c1cccnc1)C(O)c1ccc(F)c(F)c1. The van der Waals surface area contributed by atoms with Crippen LogP contribution >= 0.6 is 0 Å². The number of hydrogen-bond donors (Lipinski definition) is 2. The summed E-state index contributed by atoms with van der Waals surface area (Å²) in [5.74, 6) is -2.35. The summed E-state index contributed by atoms with van der Waals surface area (Å²) < 4.78 is 26.1. The maximum Gasteiger partial charge on any atom is 0.159 e. The summed E-state index contributed by atoms with van der Waals surface area (Å²) in [7, 11) is 0. The van der Waals surface area contributed by atoms with Crippen molar-refractivity contribution in [2.75, 3.05) is 6.54 Å². The van der Waals surface area contributed by atoms with E-state index >= 15 is 0 Å². The molecule has 0 aliphatic carbocycles. The smallest absolute Gasteiger partial charge is 0.159 e. The van der Waals surface area contributed by atoms with E-state index in [2.05, 4.69) is 4.98 Å². The van der Waals surface area contributed by atoms with Gasteiger partial charge in [0.05, 0.1) is 6.10 Å².